The van der Waals surface area contributed by atoms with E-state index in [0.717, 1.165) is 0 Å². The van der Waals surface area contributed by atoms with Crippen molar-refractivity contribution in [2.75, 3.05) is 12.3 Å². The zero-order valence-electron chi connectivity index (χ0n) is 18.0. The number of nitriles is 1. The summed E-state index contributed by atoms with van der Waals surface area (Å²) in [7, 11) is 0. The van der Waals surface area contributed by atoms with Crippen LogP contribution >= 0.6 is 0 Å². The van der Waals surface area contributed by atoms with Gasteiger partial charge in [0.1, 0.15) is 48.4 Å². The Labute approximate surface area is 179 Å². The maximum Gasteiger partial charge on any atom is 0.508 e. The van der Waals surface area contributed by atoms with Crippen molar-refractivity contribution in [2.24, 2.45) is 0 Å². The van der Waals surface area contributed by atoms with Crippen LogP contribution in [0.5, 0.6) is 0 Å². The summed E-state index contributed by atoms with van der Waals surface area (Å²) in [5, 5.41) is 14.5. The number of nitrogens with zero attached hydrogens (tertiary/aromatic N) is 4. The molecule has 4 atom stereocenters. The van der Waals surface area contributed by atoms with Gasteiger partial charge in [-0.1, -0.05) is 0 Å². The third kappa shape index (κ3) is 3.67. The number of carbonyl (C=O) groups is 1. The number of fused-ring (bicyclic) bond motifs is 2. The first-order chi connectivity index (χ1) is 14.5. The number of nitrogens with two attached hydrogens (primary N) is 1. The molecule has 2 aromatic heterocycles. The van der Waals surface area contributed by atoms with E-state index in [4.69, 9.17) is 29.4 Å². The lowest BCUT2D eigenvalue weighted by Crippen LogP contribution is -2.40. The van der Waals surface area contributed by atoms with Gasteiger partial charge in [0.2, 0.25) is 5.60 Å². The molecular weight excluding hydrogens is 406 g/mol. The highest BCUT2D eigenvalue weighted by molar-refractivity contribution is 5.66. The molecule has 166 valence electrons. The van der Waals surface area contributed by atoms with Gasteiger partial charge in [0, 0.05) is 0 Å². The summed E-state index contributed by atoms with van der Waals surface area (Å²) in [6.07, 6.45) is -1.78. The van der Waals surface area contributed by atoms with Gasteiger partial charge in [-0.3, -0.25) is 0 Å². The molecule has 0 aromatic carbocycles. The van der Waals surface area contributed by atoms with E-state index in [1.807, 2.05) is 0 Å². The fraction of sp³-hybridized carbons (Fsp3) is 0.600. The minimum atomic E-state index is -1.58. The topological polar surface area (TPSA) is 143 Å². The third-order valence-electron chi connectivity index (χ3n) is 5.02. The summed E-state index contributed by atoms with van der Waals surface area (Å²) >= 11 is 0. The SMILES string of the molecule is CC(C)(C)OC(=O)OC[C@H]1O[C@@](C#N)(c2ccc3c(N)ncnn23)[C@@H]2OC(C)(C)O[C@@H]21. The minimum Gasteiger partial charge on any atom is -0.431 e. The van der Waals surface area contributed by atoms with E-state index in [1.165, 1.54) is 10.8 Å². The van der Waals surface area contributed by atoms with Gasteiger partial charge in [-0.15, -0.1) is 0 Å². The van der Waals surface area contributed by atoms with Crippen molar-refractivity contribution >= 4 is 17.5 Å². The predicted molar refractivity (Wildman–Crippen MR) is 106 cm³/mol. The van der Waals surface area contributed by atoms with Crippen LogP contribution in [-0.4, -0.2) is 57.1 Å². The molecule has 0 amide bonds. The minimum absolute atomic E-state index is 0.181. The van der Waals surface area contributed by atoms with Gasteiger partial charge in [-0.25, -0.2) is 14.3 Å². The van der Waals surface area contributed by atoms with Gasteiger partial charge < -0.3 is 29.4 Å². The summed E-state index contributed by atoms with van der Waals surface area (Å²) < 4.78 is 30.2. The molecule has 0 radical (unpaired) electrons. The number of nitrogen functional groups attached to an aromatic ring is 1. The highest BCUT2D eigenvalue weighted by atomic mass is 16.8. The highest BCUT2D eigenvalue weighted by Crippen LogP contribution is 2.49. The molecule has 2 saturated heterocycles. The Hall–Kier alpha value is -2.94. The van der Waals surface area contributed by atoms with E-state index in [9.17, 15) is 10.1 Å². The Morgan fingerprint density at radius 1 is 1.32 bits per heavy atom. The van der Waals surface area contributed by atoms with E-state index in [0.29, 0.717) is 11.2 Å². The first-order valence-corrected chi connectivity index (χ1v) is 9.85. The largest absolute Gasteiger partial charge is 0.508 e. The van der Waals surface area contributed by atoms with E-state index in [1.54, 1.807) is 46.8 Å². The quantitative estimate of drug-likeness (QED) is 0.716. The maximum absolute atomic E-state index is 12.0. The molecule has 2 aromatic rings. The summed E-state index contributed by atoms with van der Waals surface area (Å²) in [6, 6.07) is 5.62. The van der Waals surface area contributed by atoms with Crippen LogP contribution in [0, 0.1) is 11.3 Å². The van der Waals surface area contributed by atoms with Crippen LogP contribution in [0.15, 0.2) is 18.5 Å². The Kier molecular flexibility index (Phi) is 4.84. The van der Waals surface area contributed by atoms with Gasteiger partial charge in [0.15, 0.2) is 11.6 Å². The van der Waals surface area contributed by atoms with E-state index >= 15 is 0 Å². The Bertz CT molecular complexity index is 1050. The molecular formula is C20H25N5O6. The van der Waals surface area contributed by atoms with Crippen molar-refractivity contribution in [3.05, 3.63) is 24.2 Å². The van der Waals surface area contributed by atoms with Crippen LogP contribution in [-0.2, 0) is 29.3 Å². The molecule has 2 N–H and O–H groups in total. The molecule has 0 saturated carbocycles. The number of anilines is 1. The second kappa shape index (κ2) is 7.05. The smallest absolute Gasteiger partial charge is 0.431 e. The van der Waals surface area contributed by atoms with Gasteiger partial charge in [-0.2, -0.15) is 10.4 Å². The molecule has 4 rings (SSSR count). The average molecular weight is 431 g/mol. The van der Waals surface area contributed by atoms with E-state index < -0.39 is 41.5 Å². The van der Waals surface area contributed by atoms with Crippen LogP contribution in [0.4, 0.5) is 10.6 Å². The molecule has 0 aliphatic carbocycles. The molecule has 2 aliphatic heterocycles. The van der Waals surface area contributed by atoms with Crippen molar-refractivity contribution in [1.29, 1.82) is 5.26 Å². The maximum atomic E-state index is 12.0. The summed E-state index contributed by atoms with van der Waals surface area (Å²) in [5.41, 5.74) is 4.60. The number of carbonyl (C=O) groups excluding carboxylic acids is 1. The fourth-order valence-corrected chi connectivity index (χ4v) is 3.89. The van der Waals surface area contributed by atoms with E-state index in [2.05, 4.69) is 16.2 Å². The standard InChI is InChI=1S/C20H25N5O6/c1-18(2,3)31-17(26)27-8-12-14-15(30-19(4,5)29-14)20(9-21,28-12)13-7-6-11-16(22)23-10-24-25(11)13/h6-7,10,12,14-15H,8H2,1-5H3,(H2,22,23,24)/t12-,14-,15-,20+/m1/s1. The predicted octanol–water partition coefficient (Wildman–Crippen LogP) is 1.90. The van der Waals surface area contributed by atoms with Gasteiger partial charge in [-0.05, 0) is 46.8 Å². The normalized spacial score (nSPS) is 29.5. The molecule has 0 unspecified atom stereocenters. The molecule has 0 spiro atoms. The second-order valence-corrected chi connectivity index (χ2v) is 8.96. The van der Waals surface area contributed by atoms with Crippen molar-refractivity contribution < 1.29 is 28.5 Å². The molecule has 2 fully saturated rings. The summed E-state index contributed by atoms with van der Waals surface area (Å²) in [6.45, 7) is 8.51. The van der Waals surface area contributed by atoms with Crippen LogP contribution in [0.1, 0.15) is 40.3 Å². The zero-order chi connectivity index (χ0) is 22.6. The molecule has 4 heterocycles. The number of aromatic nitrogens is 3. The van der Waals surface area contributed by atoms with Crippen LogP contribution in [0.2, 0.25) is 0 Å². The van der Waals surface area contributed by atoms with Crippen LogP contribution in [0.3, 0.4) is 0 Å². The number of rotatable bonds is 3. The third-order valence-corrected chi connectivity index (χ3v) is 5.02. The van der Waals surface area contributed by atoms with Crippen molar-refractivity contribution in [1.82, 2.24) is 14.6 Å². The zero-order valence-corrected chi connectivity index (χ0v) is 18.0. The molecule has 11 heteroatoms. The first kappa shape index (κ1) is 21.3. The Balaban J connectivity index is 1.68. The molecule has 11 nitrogen and oxygen atoms in total. The molecule has 31 heavy (non-hydrogen) atoms. The van der Waals surface area contributed by atoms with Crippen LogP contribution < -0.4 is 5.73 Å². The summed E-state index contributed by atoms with van der Waals surface area (Å²) in [5.74, 6) is -0.704. The lowest BCUT2D eigenvalue weighted by atomic mass is 9.92. The van der Waals surface area contributed by atoms with Crippen LogP contribution in [0.25, 0.3) is 5.52 Å². The lowest BCUT2D eigenvalue weighted by Gasteiger charge is -2.29. The number of hydrogen-bond donors (Lipinski definition) is 1. The Morgan fingerprint density at radius 2 is 2.06 bits per heavy atom. The summed E-state index contributed by atoms with van der Waals surface area (Å²) in [4.78, 5) is 16.0. The van der Waals surface area contributed by atoms with Crippen molar-refractivity contribution in [3.63, 3.8) is 0 Å². The monoisotopic (exact) mass is 431 g/mol. The molecule has 2 aliphatic rings. The average Bonchev–Trinajstić information content (AvgIpc) is 3.30. The lowest BCUT2D eigenvalue weighted by molar-refractivity contribution is -0.205. The Morgan fingerprint density at radius 3 is 2.74 bits per heavy atom. The van der Waals surface area contributed by atoms with Gasteiger partial charge in [0.05, 0.1) is 5.69 Å². The first-order valence-electron chi connectivity index (χ1n) is 9.85. The number of ether oxygens (including phenoxy) is 5. The van der Waals surface area contributed by atoms with E-state index in [-0.39, 0.29) is 12.4 Å². The fourth-order valence-electron chi connectivity index (χ4n) is 3.89. The highest BCUT2D eigenvalue weighted by Gasteiger charge is 2.65. The molecule has 0 bridgehead atoms. The number of hydrogen-bond acceptors (Lipinski definition) is 10. The van der Waals surface area contributed by atoms with Gasteiger partial charge in [0.25, 0.3) is 0 Å². The van der Waals surface area contributed by atoms with Gasteiger partial charge >= 0.3 is 6.16 Å². The second-order valence-electron chi connectivity index (χ2n) is 8.96. The van der Waals surface area contributed by atoms with Crippen molar-refractivity contribution in [2.45, 2.75) is 69.9 Å². The van der Waals surface area contributed by atoms with Crippen molar-refractivity contribution in [3.8, 4) is 6.07 Å².